The number of nitrogens with zero attached hydrogens (tertiary/aromatic N) is 3. The topological polar surface area (TPSA) is 117 Å². The molecule has 0 saturated carbocycles. The molecule has 4 N–H and O–H groups in total. The van der Waals surface area contributed by atoms with Gasteiger partial charge < -0.3 is 26.1 Å². The highest BCUT2D eigenvalue weighted by atomic mass is 32.1. The molecule has 0 bridgehead atoms. The van der Waals surface area contributed by atoms with Gasteiger partial charge in [0, 0.05) is 41.4 Å². The number of nitrogens with one attached hydrogen (secondary N) is 2. The van der Waals surface area contributed by atoms with Crippen LogP contribution < -0.4 is 15.8 Å². The summed E-state index contributed by atoms with van der Waals surface area (Å²) in [6, 6.07) is 3.44. The van der Waals surface area contributed by atoms with Crippen LogP contribution in [0.25, 0.3) is 10.2 Å². The molecule has 0 saturated heterocycles. The summed E-state index contributed by atoms with van der Waals surface area (Å²) in [7, 11) is 1.43. The summed E-state index contributed by atoms with van der Waals surface area (Å²) in [5.41, 5.74) is 8.76. The molecule has 3 aromatic rings. The van der Waals surface area contributed by atoms with Crippen LogP contribution in [0.2, 0.25) is 0 Å². The molecule has 11 heteroatoms. The maximum absolute atomic E-state index is 12.7. The van der Waals surface area contributed by atoms with Gasteiger partial charge in [-0.3, -0.25) is 4.79 Å². The molecule has 0 radical (unpaired) electrons. The van der Waals surface area contributed by atoms with Crippen LogP contribution in [0.3, 0.4) is 0 Å². The molecule has 35 heavy (non-hydrogen) atoms. The van der Waals surface area contributed by atoms with E-state index in [1.54, 1.807) is 12.1 Å². The Labute approximate surface area is 206 Å². The number of fused-ring (bicyclic) bond motifs is 3. The number of thiophene rings is 1. The minimum absolute atomic E-state index is 0.0854. The van der Waals surface area contributed by atoms with E-state index in [4.69, 9.17) is 15.9 Å². The van der Waals surface area contributed by atoms with Crippen molar-refractivity contribution in [3.63, 3.8) is 0 Å². The smallest absolute Gasteiger partial charge is 0.255 e. The van der Waals surface area contributed by atoms with Crippen LogP contribution in [0, 0.1) is 11.3 Å². The van der Waals surface area contributed by atoms with Crippen molar-refractivity contribution in [1.82, 2.24) is 14.9 Å². The van der Waals surface area contributed by atoms with Crippen molar-refractivity contribution in [1.29, 1.82) is 5.41 Å². The quantitative estimate of drug-likeness (QED) is 0.305. The molecular formula is C24H28F2N6O2S. The number of rotatable bonds is 8. The minimum atomic E-state index is -2.55. The average molecular weight is 503 g/mol. The van der Waals surface area contributed by atoms with Gasteiger partial charge in [-0.1, -0.05) is 0 Å². The second-order valence-corrected chi connectivity index (χ2v) is 9.95. The van der Waals surface area contributed by atoms with Crippen molar-refractivity contribution in [2.24, 2.45) is 5.92 Å². The first-order valence-electron chi connectivity index (χ1n) is 11.3. The monoisotopic (exact) mass is 502 g/mol. The molecule has 1 aliphatic rings. The maximum atomic E-state index is 12.7. The maximum Gasteiger partial charge on any atom is 0.255 e. The summed E-state index contributed by atoms with van der Waals surface area (Å²) >= 11 is 1.50. The van der Waals surface area contributed by atoms with E-state index in [1.807, 2.05) is 13.8 Å². The summed E-state index contributed by atoms with van der Waals surface area (Å²) in [6.07, 6.45) is 1.71. The number of alkyl halides is 2. The van der Waals surface area contributed by atoms with Crippen molar-refractivity contribution in [2.45, 2.75) is 45.6 Å². The molecule has 0 fully saturated rings. The van der Waals surface area contributed by atoms with Gasteiger partial charge in [-0.05, 0) is 44.7 Å². The molecule has 186 valence electrons. The summed E-state index contributed by atoms with van der Waals surface area (Å²) in [5.74, 6) is 0.560. The molecule has 2 heterocycles. The lowest BCUT2D eigenvalue weighted by Crippen LogP contribution is -2.38. The first-order valence-corrected chi connectivity index (χ1v) is 12.2. The fraction of sp³-hybridized carbons (Fsp3) is 0.417. The van der Waals surface area contributed by atoms with Crippen LogP contribution in [0.4, 0.5) is 26.0 Å². The van der Waals surface area contributed by atoms with Gasteiger partial charge in [0.1, 0.15) is 22.7 Å². The Morgan fingerprint density at radius 3 is 2.86 bits per heavy atom. The number of aromatic nitrogens is 2. The van der Waals surface area contributed by atoms with Crippen molar-refractivity contribution in [2.75, 3.05) is 24.6 Å². The Kier molecular flexibility index (Phi) is 7.15. The number of hydrogen-bond donors (Lipinski definition) is 3. The summed E-state index contributed by atoms with van der Waals surface area (Å²) < 4.78 is 31.4. The van der Waals surface area contributed by atoms with E-state index in [0.29, 0.717) is 47.8 Å². The highest BCUT2D eigenvalue weighted by molar-refractivity contribution is 7.19. The van der Waals surface area contributed by atoms with Gasteiger partial charge in [0.15, 0.2) is 0 Å². The van der Waals surface area contributed by atoms with Crippen LogP contribution in [-0.4, -0.2) is 53.1 Å². The molecule has 1 atom stereocenters. The second-order valence-electron chi connectivity index (χ2n) is 8.87. The van der Waals surface area contributed by atoms with Crippen molar-refractivity contribution < 1.29 is 18.3 Å². The van der Waals surface area contributed by atoms with E-state index in [9.17, 15) is 13.6 Å². The van der Waals surface area contributed by atoms with Crippen molar-refractivity contribution in [3.8, 4) is 5.75 Å². The molecule has 1 aliphatic carbocycles. The fourth-order valence-electron chi connectivity index (χ4n) is 4.34. The number of halogens is 2. The Morgan fingerprint density at radius 2 is 2.17 bits per heavy atom. The first-order chi connectivity index (χ1) is 16.7. The van der Waals surface area contributed by atoms with E-state index in [0.717, 1.165) is 25.6 Å². The Hall–Kier alpha value is -3.34. The molecule has 0 aliphatic heterocycles. The van der Waals surface area contributed by atoms with Gasteiger partial charge >= 0.3 is 0 Å². The predicted molar refractivity (Wildman–Crippen MR) is 134 cm³/mol. The zero-order chi connectivity index (χ0) is 25.3. The van der Waals surface area contributed by atoms with Crippen LogP contribution in [0.1, 0.15) is 36.3 Å². The third kappa shape index (κ3) is 5.19. The van der Waals surface area contributed by atoms with Crippen molar-refractivity contribution in [3.05, 3.63) is 34.5 Å². The number of hydrogen-bond acceptors (Lipinski definition) is 8. The largest absolute Gasteiger partial charge is 0.489 e. The average Bonchev–Trinajstić information content (AvgIpc) is 3.18. The van der Waals surface area contributed by atoms with E-state index in [1.165, 1.54) is 30.9 Å². The number of carbonyl (C=O) groups excluding carboxylic acids is 1. The third-order valence-corrected chi connectivity index (χ3v) is 7.10. The van der Waals surface area contributed by atoms with Crippen LogP contribution in [0.15, 0.2) is 18.5 Å². The molecule has 1 amide bonds. The summed E-state index contributed by atoms with van der Waals surface area (Å²) in [5, 5.41) is 11.9. The molecule has 1 unspecified atom stereocenters. The molecule has 4 rings (SSSR count). The SMILES string of the molecule is CC(C)Oc1cc(N)c(C=N)cc1Nc1ncnc2sc3c(c12)CCC(C(=O)N(C)CC(F)F)C3. The van der Waals surface area contributed by atoms with E-state index >= 15 is 0 Å². The van der Waals surface area contributed by atoms with Gasteiger partial charge in [-0.25, -0.2) is 18.7 Å². The van der Waals surface area contributed by atoms with E-state index in [-0.39, 0.29) is 17.9 Å². The third-order valence-electron chi connectivity index (χ3n) is 5.94. The van der Waals surface area contributed by atoms with Gasteiger partial charge in [0.2, 0.25) is 5.91 Å². The first kappa shape index (κ1) is 24.8. The number of benzene rings is 1. The lowest BCUT2D eigenvalue weighted by atomic mass is 9.87. The van der Waals surface area contributed by atoms with Crippen LogP contribution >= 0.6 is 11.3 Å². The lowest BCUT2D eigenvalue weighted by Gasteiger charge is -2.26. The predicted octanol–water partition coefficient (Wildman–Crippen LogP) is 4.63. The normalized spacial score (nSPS) is 15.3. The fourth-order valence-corrected chi connectivity index (χ4v) is 5.61. The molecule has 2 aromatic heterocycles. The highest BCUT2D eigenvalue weighted by Gasteiger charge is 2.31. The number of nitrogens with two attached hydrogens (primary N) is 1. The number of nitrogen functional groups attached to an aromatic ring is 1. The number of anilines is 3. The summed E-state index contributed by atoms with van der Waals surface area (Å²) in [6.45, 7) is 3.27. The minimum Gasteiger partial charge on any atom is -0.489 e. The standard InChI is InChI=1S/C24H28F2N6O2S/c1-12(2)34-18-8-16(28)14(9-27)6-17(18)31-22-21-15-5-4-13(24(33)32(3)10-20(25)26)7-19(15)35-23(21)30-11-29-22/h6,8-9,11-13,20,27H,4-5,7,10,28H2,1-3H3,(H,29,30,31). The number of aryl methyl sites for hydroxylation is 1. The summed E-state index contributed by atoms with van der Waals surface area (Å²) in [4.78, 5) is 24.5. The van der Waals surface area contributed by atoms with Crippen LogP contribution in [-0.2, 0) is 17.6 Å². The Bertz CT molecular complexity index is 1260. The van der Waals surface area contributed by atoms with E-state index < -0.39 is 13.0 Å². The zero-order valence-electron chi connectivity index (χ0n) is 19.8. The van der Waals surface area contributed by atoms with Gasteiger partial charge in [0.25, 0.3) is 6.43 Å². The molecule has 0 spiro atoms. The molecule has 8 nitrogen and oxygen atoms in total. The van der Waals surface area contributed by atoms with Gasteiger partial charge in [0.05, 0.1) is 23.7 Å². The van der Waals surface area contributed by atoms with Gasteiger partial charge in [-0.15, -0.1) is 11.3 Å². The van der Waals surface area contributed by atoms with E-state index in [2.05, 4.69) is 15.3 Å². The Morgan fingerprint density at radius 1 is 1.40 bits per heavy atom. The second kappa shape index (κ2) is 10.1. The lowest BCUT2D eigenvalue weighted by molar-refractivity contribution is -0.136. The number of ether oxygens (including phenoxy) is 1. The number of amides is 1. The molecular weight excluding hydrogens is 474 g/mol. The van der Waals surface area contributed by atoms with Crippen LogP contribution in [0.5, 0.6) is 5.75 Å². The van der Waals surface area contributed by atoms with Crippen molar-refractivity contribution >= 4 is 50.9 Å². The highest BCUT2D eigenvalue weighted by Crippen LogP contribution is 2.42. The van der Waals surface area contributed by atoms with Gasteiger partial charge in [-0.2, -0.15) is 0 Å². The molecule has 1 aromatic carbocycles. The zero-order valence-corrected chi connectivity index (χ0v) is 20.6. The Balaban J connectivity index is 1.67. The number of carbonyl (C=O) groups is 1.